The maximum absolute atomic E-state index is 8.95. The number of hydrogen-bond acceptors (Lipinski definition) is 2. The van der Waals surface area contributed by atoms with Gasteiger partial charge >= 0.3 is 0 Å². The molecule has 0 saturated carbocycles. The van der Waals surface area contributed by atoms with Crippen LogP contribution in [0.1, 0.15) is 5.56 Å². The summed E-state index contributed by atoms with van der Waals surface area (Å²) in [6, 6.07) is 11.5. The molecule has 0 unspecified atom stereocenters. The van der Waals surface area contributed by atoms with E-state index in [1.807, 2.05) is 30.3 Å². The van der Waals surface area contributed by atoms with Gasteiger partial charge in [0.1, 0.15) is 5.76 Å². The van der Waals surface area contributed by atoms with Crippen molar-refractivity contribution in [1.82, 2.24) is 0 Å². The number of hydrogen-bond donors (Lipinski definition) is 0. The van der Waals surface area contributed by atoms with E-state index in [1.165, 1.54) is 0 Å². The van der Waals surface area contributed by atoms with Gasteiger partial charge in [-0.1, -0.05) is 0 Å². The molecule has 0 radical (unpaired) electrons. The molecular formula is C11H6INO. The van der Waals surface area contributed by atoms with Crippen LogP contribution in [0.2, 0.25) is 0 Å². The Labute approximate surface area is 95.3 Å². The third-order valence-electron chi connectivity index (χ3n) is 1.89. The van der Waals surface area contributed by atoms with Crippen LogP contribution in [0, 0.1) is 14.9 Å². The summed E-state index contributed by atoms with van der Waals surface area (Å²) in [5.41, 5.74) is 1.49. The summed E-state index contributed by atoms with van der Waals surface area (Å²) in [5, 5.41) is 8.95. The molecule has 1 aromatic heterocycles. The highest BCUT2D eigenvalue weighted by Gasteiger charge is 2.06. The fourth-order valence-corrected chi connectivity index (χ4v) is 1.75. The molecule has 0 aliphatic carbocycles. The number of halogens is 1. The van der Waals surface area contributed by atoms with Gasteiger partial charge in [-0.05, 0) is 52.9 Å². The first-order valence-electron chi connectivity index (χ1n) is 4.05. The van der Waals surface area contributed by atoms with E-state index in [0.717, 1.165) is 14.9 Å². The molecule has 0 atom stereocenters. The molecular weight excluding hydrogens is 289 g/mol. The quantitative estimate of drug-likeness (QED) is 0.756. The van der Waals surface area contributed by atoms with Crippen LogP contribution in [0.3, 0.4) is 0 Å². The maximum Gasteiger partial charge on any atom is 0.135 e. The van der Waals surface area contributed by atoms with Gasteiger partial charge in [0.05, 0.1) is 17.9 Å². The molecule has 3 heteroatoms. The molecule has 0 aliphatic heterocycles. The molecule has 0 saturated heterocycles. The maximum atomic E-state index is 8.95. The van der Waals surface area contributed by atoms with Crippen molar-refractivity contribution in [2.75, 3.05) is 0 Å². The minimum Gasteiger partial charge on any atom is -0.464 e. The first-order valence-corrected chi connectivity index (χ1v) is 5.12. The van der Waals surface area contributed by atoms with E-state index >= 15 is 0 Å². The Bertz CT molecular complexity index is 482. The summed E-state index contributed by atoms with van der Waals surface area (Å²) < 4.78 is 6.30. The van der Waals surface area contributed by atoms with Gasteiger partial charge in [0.25, 0.3) is 0 Å². The minimum absolute atomic E-state index is 0.645. The molecule has 2 aromatic rings. The highest BCUT2D eigenvalue weighted by atomic mass is 127. The lowest BCUT2D eigenvalue weighted by molar-refractivity contribution is 0.582. The van der Waals surface area contributed by atoms with E-state index < -0.39 is 0 Å². The summed E-state index contributed by atoms with van der Waals surface area (Å²) in [5.74, 6) is 0.734. The van der Waals surface area contributed by atoms with Crippen LogP contribution < -0.4 is 0 Å². The van der Waals surface area contributed by atoms with E-state index in [4.69, 9.17) is 9.68 Å². The standard InChI is InChI=1S/C11H6INO/c12-9-3-4-10(8(6-9)7-13)11-2-1-5-14-11/h1-6H. The SMILES string of the molecule is N#Cc1cc(I)ccc1-c1ccco1. The van der Waals surface area contributed by atoms with Crippen molar-refractivity contribution >= 4 is 22.6 Å². The van der Waals surface area contributed by atoms with Crippen LogP contribution in [0.4, 0.5) is 0 Å². The van der Waals surface area contributed by atoms with Crippen LogP contribution in [-0.2, 0) is 0 Å². The van der Waals surface area contributed by atoms with Crippen molar-refractivity contribution in [1.29, 1.82) is 5.26 Å². The Morgan fingerprint density at radius 1 is 1.29 bits per heavy atom. The molecule has 0 aliphatic rings. The number of rotatable bonds is 1. The summed E-state index contributed by atoms with van der Waals surface area (Å²) in [7, 11) is 0. The monoisotopic (exact) mass is 295 g/mol. The molecule has 1 heterocycles. The third-order valence-corrected chi connectivity index (χ3v) is 2.56. The molecule has 68 valence electrons. The van der Waals surface area contributed by atoms with Crippen molar-refractivity contribution in [2.45, 2.75) is 0 Å². The fourth-order valence-electron chi connectivity index (χ4n) is 1.26. The molecule has 0 spiro atoms. The lowest BCUT2D eigenvalue weighted by atomic mass is 10.1. The van der Waals surface area contributed by atoms with E-state index in [-0.39, 0.29) is 0 Å². The van der Waals surface area contributed by atoms with Gasteiger partial charge < -0.3 is 4.42 Å². The minimum atomic E-state index is 0.645. The number of nitriles is 1. The Hall–Kier alpha value is -1.28. The van der Waals surface area contributed by atoms with Crippen molar-refractivity contribution < 1.29 is 4.42 Å². The second kappa shape index (κ2) is 3.84. The van der Waals surface area contributed by atoms with Crippen molar-refractivity contribution in [3.8, 4) is 17.4 Å². The molecule has 2 nitrogen and oxygen atoms in total. The Morgan fingerprint density at radius 2 is 2.14 bits per heavy atom. The van der Waals surface area contributed by atoms with Crippen molar-refractivity contribution in [2.24, 2.45) is 0 Å². The molecule has 2 rings (SSSR count). The Morgan fingerprint density at radius 3 is 2.79 bits per heavy atom. The van der Waals surface area contributed by atoms with E-state index in [1.54, 1.807) is 6.26 Å². The number of benzene rings is 1. The predicted molar refractivity (Wildman–Crippen MR) is 61.6 cm³/mol. The van der Waals surface area contributed by atoms with Gasteiger partial charge in [-0.2, -0.15) is 5.26 Å². The lowest BCUT2D eigenvalue weighted by Crippen LogP contribution is -1.83. The average molecular weight is 295 g/mol. The molecule has 0 fully saturated rings. The van der Waals surface area contributed by atoms with E-state index in [2.05, 4.69) is 28.7 Å². The van der Waals surface area contributed by atoms with Gasteiger partial charge in [0.15, 0.2) is 0 Å². The lowest BCUT2D eigenvalue weighted by Gasteiger charge is -2.00. The average Bonchev–Trinajstić information content (AvgIpc) is 2.70. The zero-order chi connectivity index (χ0) is 9.97. The highest BCUT2D eigenvalue weighted by Crippen LogP contribution is 2.25. The first-order chi connectivity index (χ1) is 6.81. The number of furan rings is 1. The Kier molecular flexibility index (Phi) is 2.55. The third kappa shape index (κ3) is 1.66. The van der Waals surface area contributed by atoms with Crippen LogP contribution >= 0.6 is 22.6 Å². The second-order valence-corrected chi connectivity index (χ2v) is 4.02. The smallest absolute Gasteiger partial charge is 0.135 e. The fraction of sp³-hybridized carbons (Fsp3) is 0. The second-order valence-electron chi connectivity index (χ2n) is 2.78. The number of nitrogens with zero attached hydrogens (tertiary/aromatic N) is 1. The Balaban J connectivity index is 2.60. The van der Waals surface area contributed by atoms with Crippen molar-refractivity contribution in [3.63, 3.8) is 0 Å². The van der Waals surface area contributed by atoms with E-state index in [9.17, 15) is 0 Å². The van der Waals surface area contributed by atoms with Crippen LogP contribution in [-0.4, -0.2) is 0 Å². The van der Waals surface area contributed by atoms with E-state index in [0.29, 0.717) is 5.56 Å². The molecule has 0 bridgehead atoms. The normalized spacial score (nSPS) is 9.71. The highest BCUT2D eigenvalue weighted by molar-refractivity contribution is 14.1. The summed E-state index contributed by atoms with van der Waals surface area (Å²) >= 11 is 2.18. The van der Waals surface area contributed by atoms with Gasteiger partial charge in [0.2, 0.25) is 0 Å². The predicted octanol–water partition coefficient (Wildman–Crippen LogP) is 3.42. The molecule has 14 heavy (non-hydrogen) atoms. The van der Waals surface area contributed by atoms with Gasteiger partial charge in [0, 0.05) is 9.13 Å². The van der Waals surface area contributed by atoms with Crippen LogP contribution in [0.5, 0.6) is 0 Å². The molecule has 0 amide bonds. The topological polar surface area (TPSA) is 36.9 Å². The van der Waals surface area contributed by atoms with Crippen molar-refractivity contribution in [3.05, 3.63) is 45.7 Å². The summed E-state index contributed by atoms with van der Waals surface area (Å²) in [4.78, 5) is 0. The van der Waals surface area contributed by atoms with Gasteiger partial charge in [-0.25, -0.2) is 0 Å². The first kappa shape index (κ1) is 9.28. The zero-order valence-corrected chi connectivity index (χ0v) is 9.36. The van der Waals surface area contributed by atoms with Crippen LogP contribution in [0.15, 0.2) is 41.0 Å². The molecule has 1 aromatic carbocycles. The van der Waals surface area contributed by atoms with Gasteiger partial charge in [-0.3, -0.25) is 0 Å². The molecule has 0 N–H and O–H groups in total. The summed E-state index contributed by atoms with van der Waals surface area (Å²) in [6.07, 6.45) is 1.61. The van der Waals surface area contributed by atoms with Gasteiger partial charge in [-0.15, -0.1) is 0 Å². The summed E-state index contributed by atoms with van der Waals surface area (Å²) in [6.45, 7) is 0. The van der Waals surface area contributed by atoms with Crippen LogP contribution in [0.25, 0.3) is 11.3 Å². The zero-order valence-electron chi connectivity index (χ0n) is 7.20. The largest absolute Gasteiger partial charge is 0.464 e.